The predicted molar refractivity (Wildman–Crippen MR) is 52.7 cm³/mol. The fourth-order valence-electron chi connectivity index (χ4n) is 2.25. The second-order valence-corrected chi connectivity index (χ2v) is 4.24. The normalized spacial score (nSPS) is 34.3. The number of likely N-dealkylation sites (tertiary alicyclic amines) is 1. The molecule has 2 rings (SSSR count). The van der Waals surface area contributed by atoms with E-state index in [1.54, 1.807) is 0 Å². The summed E-state index contributed by atoms with van der Waals surface area (Å²) in [5.41, 5.74) is 0. The highest BCUT2D eigenvalue weighted by atomic mass is 16.5. The minimum absolute atomic E-state index is 0.0929. The Labute approximate surface area is 92.8 Å². The molecule has 0 radical (unpaired) electrons. The molecule has 0 unspecified atom stereocenters. The number of carbonyl (C=O) groups excluding carboxylic acids is 1. The van der Waals surface area contributed by atoms with E-state index >= 15 is 0 Å². The number of aliphatic carboxylic acids is 1. The Hall–Kier alpha value is -1.14. The van der Waals surface area contributed by atoms with Crippen LogP contribution in [-0.4, -0.2) is 58.4 Å². The van der Waals surface area contributed by atoms with Gasteiger partial charge in [-0.05, 0) is 12.8 Å². The zero-order chi connectivity index (χ0) is 11.7. The summed E-state index contributed by atoms with van der Waals surface area (Å²) in [4.78, 5) is 24.1. The summed E-state index contributed by atoms with van der Waals surface area (Å²) in [7, 11) is 0. The van der Waals surface area contributed by atoms with Crippen LogP contribution in [0.1, 0.15) is 19.3 Å². The summed E-state index contributed by atoms with van der Waals surface area (Å²) in [5.74, 6) is -1.37. The van der Waals surface area contributed by atoms with Gasteiger partial charge in [0.05, 0.1) is 6.10 Å². The van der Waals surface area contributed by atoms with Crippen molar-refractivity contribution >= 4 is 11.9 Å². The van der Waals surface area contributed by atoms with Gasteiger partial charge in [-0.2, -0.15) is 0 Å². The molecule has 0 spiro atoms. The molecule has 2 fully saturated rings. The zero-order valence-corrected chi connectivity index (χ0v) is 8.83. The van der Waals surface area contributed by atoms with Crippen molar-refractivity contribution in [2.24, 2.45) is 0 Å². The maximum absolute atomic E-state index is 11.9. The summed E-state index contributed by atoms with van der Waals surface area (Å²) >= 11 is 0. The fourth-order valence-corrected chi connectivity index (χ4v) is 2.25. The van der Waals surface area contributed by atoms with Crippen LogP contribution < -0.4 is 0 Å². The van der Waals surface area contributed by atoms with Gasteiger partial charge in [-0.3, -0.25) is 4.79 Å². The molecular formula is C10H15NO5. The molecule has 2 heterocycles. The number of carboxylic acid groups (broad SMARTS) is 1. The molecule has 3 atom stereocenters. The lowest BCUT2D eigenvalue weighted by Gasteiger charge is -2.23. The van der Waals surface area contributed by atoms with Gasteiger partial charge in [0.15, 0.2) is 0 Å². The third-order valence-electron chi connectivity index (χ3n) is 3.05. The molecule has 90 valence electrons. The van der Waals surface area contributed by atoms with E-state index < -0.39 is 24.2 Å². The van der Waals surface area contributed by atoms with Crippen LogP contribution in [0.5, 0.6) is 0 Å². The van der Waals surface area contributed by atoms with Gasteiger partial charge >= 0.3 is 5.97 Å². The molecule has 1 amide bonds. The van der Waals surface area contributed by atoms with Crippen LogP contribution in [0.25, 0.3) is 0 Å². The lowest BCUT2D eigenvalue weighted by Crippen LogP contribution is -2.45. The molecule has 0 aromatic rings. The van der Waals surface area contributed by atoms with Crippen LogP contribution in [0.15, 0.2) is 0 Å². The first-order valence-electron chi connectivity index (χ1n) is 5.42. The van der Waals surface area contributed by atoms with Crippen molar-refractivity contribution in [1.82, 2.24) is 4.90 Å². The Balaban J connectivity index is 2.06. The molecule has 0 bridgehead atoms. The zero-order valence-electron chi connectivity index (χ0n) is 8.83. The molecule has 16 heavy (non-hydrogen) atoms. The number of hydrogen-bond donors (Lipinski definition) is 2. The maximum atomic E-state index is 11.9. The summed E-state index contributed by atoms with van der Waals surface area (Å²) in [6.07, 6.45) is 0.300. The van der Waals surface area contributed by atoms with E-state index in [2.05, 4.69) is 0 Å². The molecule has 0 aromatic carbocycles. The summed E-state index contributed by atoms with van der Waals surface area (Å²) in [6, 6.07) is -0.910. The molecule has 6 heteroatoms. The van der Waals surface area contributed by atoms with Crippen LogP contribution in [0.4, 0.5) is 0 Å². The number of rotatable bonds is 2. The van der Waals surface area contributed by atoms with Gasteiger partial charge in [0.25, 0.3) is 5.91 Å². The van der Waals surface area contributed by atoms with E-state index in [0.29, 0.717) is 13.0 Å². The van der Waals surface area contributed by atoms with Crippen molar-refractivity contribution < 1.29 is 24.5 Å². The Bertz CT molecular complexity index is 300. The number of aliphatic hydroxyl groups is 1. The molecule has 2 saturated heterocycles. The number of carboxylic acids is 1. The number of aliphatic hydroxyl groups excluding tert-OH is 1. The van der Waals surface area contributed by atoms with Crippen LogP contribution in [0.2, 0.25) is 0 Å². The maximum Gasteiger partial charge on any atom is 0.326 e. The average molecular weight is 229 g/mol. The van der Waals surface area contributed by atoms with Crippen molar-refractivity contribution in [3.63, 3.8) is 0 Å². The van der Waals surface area contributed by atoms with Crippen molar-refractivity contribution in [2.45, 2.75) is 37.5 Å². The number of carbonyl (C=O) groups is 2. The summed E-state index contributed by atoms with van der Waals surface area (Å²) in [5, 5.41) is 18.4. The second kappa shape index (κ2) is 4.39. The van der Waals surface area contributed by atoms with Gasteiger partial charge < -0.3 is 19.8 Å². The van der Waals surface area contributed by atoms with Crippen molar-refractivity contribution in [3.05, 3.63) is 0 Å². The Kier molecular flexibility index (Phi) is 3.11. The van der Waals surface area contributed by atoms with Crippen LogP contribution in [-0.2, 0) is 14.3 Å². The Morgan fingerprint density at radius 2 is 2.12 bits per heavy atom. The van der Waals surface area contributed by atoms with Crippen molar-refractivity contribution in [3.8, 4) is 0 Å². The quantitative estimate of drug-likeness (QED) is 0.648. The molecule has 0 aliphatic carbocycles. The molecule has 2 N–H and O–H groups in total. The van der Waals surface area contributed by atoms with E-state index in [-0.39, 0.29) is 18.9 Å². The standard InChI is InChI=1S/C10H15NO5/c12-6-4-7(10(14)15)11(5-6)9(13)8-2-1-3-16-8/h6-8,12H,1-5H2,(H,14,15)/t6-,7-,8+/m1/s1. The van der Waals surface area contributed by atoms with Gasteiger partial charge in [0.1, 0.15) is 12.1 Å². The molecule has 6 nitrogen and oxygen atoms in total. The SMILES string of the molecule is O=C(O)[C@H]1C[C@@H](O)CN1C(=O)[C@@H]1CCCO1. The fraction of sp³-hybridized carbons (Fsp3) is 0.800. The highest BCUT2D eigenvalue weighted by Gasteiger charge is 2.41. The topological polar surface area (TPSA) is 87.1 Å². The number of ether oxygens (including phenoxy) is 1. The monoisotopic (exact) mass is 229 g/mol. The largest absolute Gasteiger partial charge is 0.480 e. The number of nitrogens with zero attached hydrogens (tertiary/aromatic N) is 1. The van der Waals surface area contributed by atoms with Gasteiger partial charge in [-0.1, -0.05) is 0 Å². The minimum atomic E-state index is -1.07. The number of β-amino-alcohol motifs (C(OH)–C–C–N with tert-alkyl or cyclic N) is 1. The first-order valence-corrected chi connectivity index (χ1v) is 5.42. The van der Waals surface area contributed by atoms with E-state index in [9.17, 15) is 14.7 Å². The van der Waals surface area contributed by atoms with Crippen molar-refractivity contribution in [1.29, 1.82) is 0 Å². The van der Waals surface area contributed by atoms with Crippen LogP contribution >= 0.6 is 0 Å². The van der Waals surface area contributed by atoms with Crippen LogP contribution in [0, 0.1) is 0 Å². The molecule has 0 aromatic heterocycles. The lowest BCUT2D eigenvalue weighted by molar-refractivity contribution is -0.152. The highest BCUT2D eigenvalue weighted by Crippen LogP contribution is 2.23. The van der Waals surface area contributed by atoms with Gasteiger partial charge in [-0.15, -0.1) is 0 Å². The van der Waals surface area contributed by atoms with E-state index in [0.717, 1.165) is 6.42 Å². The Morgan fingerprint density at radius 1 is 1.38 bits per heavy atom. The first kappa shape index (κ1) is 11.3. The molecule has 2 aliphatic heterocycles. The summed E-state index contributed by atoms with van der Waals surface area (Å²) in [6.45, 7) is 0.639. The molecular weight excluding hydrogens is 214 g/mol. The lowest BCUT2D eigenvalue weighted by atomic mass is 10.2. The van der Waals surface area contributed by atoms with E-state index in [1.807, 2.05) is 0 Å². The van der Waals surface area contributed by atoms with Crippen molar-refractivity contribution in [2.75, 3.05) is 13.2 Å². The predicted octanol–water partition coefficient (Wildman–Crippen LogP) is -0.788. The third-order valence-corrected chi connectivity index (χ3v) is 3.05. The minimum Gasteiger partial charge on any atom is -0.480 e. The molecule has 0 saturated carbocycles. The number of hydrogen-bond acceptors (Lipinski definition) is 4. The highest BCUT2D eigenvalue weighted by molar-refractivity contribution is 5.87. The average Bonchev–Trinajstić information content (AvgIpc) is 2.84. The van der Waals surface area contributed by atoms with Gasteiger partial charge in [0, 0.05) is 19.6 Å². The van der Waals surface area contributed by atoms with Gasteiger partial charge in [-0.25, -0.2) is 4.79 Å². The smallest absolute Gasteiger partial charge is 0.326 e. The number of amides is 1. The summed E-state index contributed by atoms with van der Waals surface area (Å²) < 4.78 is 5.22. The van der Waals surface area contributed by atoms with E-state index in [1.165, 1.54) is 4.90 Å². The molecule has 2 aliphatic rings. The third kappa shape index (κ3) is 2.03. The van der Waals surface area contributed by atoms with Gasteiger partial charge in [0.2, 0.25) is 0 Å². The van der Waals surface area contributed by atoms with Crippen LogP contribution in [0.3, 0.4) is 0 Å². The first-order chi connectivity index (χ1) is 7.59. The second-order valence-electron chi connectivity index (χ2n) is 4.24. The Morgan fingerprint density at radius 3 is 2.69 bits per heavy atom. The van der Waals surface area contributed by atoms with E-state index in [4.69, 9.17) is 9.84 Å².